The molecule has 0 unspecified atom stereocenters. The second-order valence-electron chi connectivity index (χ2n) is 4.13. The van der Waals surface area contributed by atoms with E-state index in [1.807, 2.05) is 12.1 Å². The minimum Gasteiger partial charge on any atom is -0.497 e. The minimum atomic E-state index is 0.944. The molecule has 1 fully saturated rings. The zero-order valence-corrected chi connectivity index (χ0v) is 11.0. The molecular formula is C12H19ClN2O2. The summed E-state index contributed by atoms with van der Waals surface area (Å²) in [4.78, 5) is 4.77. The number of nitrogens with zero attached hydrogens (tertiary/aromatic N) is 2. The van der Waals surface area contributed by atoms with Crippen molar-refractivity contribution in [2.24, 2.45) is 0 Å². The maximum atomic E-state index is 6.47. The summed E-state index contributed by atoms with van der Waals surface area (Å²) in [7, 11) is 3.87. The first-order chi connectivity index (χ1) is 8.28. The first-order valence-corrected chi connectivity index (χ1v) is 5.82. The van der Waals surface area contributed by atoms with Crippen molar-refractivity contribution in [1.82, 2.24) is 9.80 Å². The van der Waals surface area contributed by atoms with Crippen molar-refractivity contribution >= 4 is 11.9 Å². The van der Waals surface area contributed by atoms with Crippen LogP contribution in [0.2, 0.25) is 0 Å². The highest BCUT2D eigenvalue weighted by Crippen LogP contribution is 2.15. The van der Waals surface area contributed by atoms with Crippen LogP contribution in [-0.2, 0) is 6.54 Å². The van der Waals surface area contributed by atoms with Crippen molar-refractivity contribution in [3.05, 3.63) is 29.8 Å². The van der Waals surface area contributed by atoms with Crippen LogP contribution < -0.4 is 4.74 Å². The molecule has 0 atom stereocenters. The van der Waals surface area contributed by atoms with Crippen molar-refractivity contribution in [3.8, 4) is 5.75 Å². The van der Waals surface area contributed by atoms with Gasteiger partial charge in [-0.1, -0.05) is 12.1 Å². The molecule has 0 spiro atoms. The first-order valence-electron chi connectivity index (χ1n) is 5.48. The highest BCUT2D eigenvalue weighted by Gasteiger charge is 2.16. The summed E-state index contributed by atoms with van der Waals surface area (Å²) in [6.45, 7) is 4.41. The molecule has 1 N–H and O–H groups in total. The van der Waals surface area contributed by atoms with E-state index in [0.717, 1.165) is 25.5 Å². The molecule has 1 aliphatic heterocycles. The molecule has 0 radical (unpaired) electrons. The summed E-state index contributed by atoms with van der Waals surface area (Å²) in [5.41, 5.74) is 1.32. The van der Waals surface area contributed by atoms with Crippen molar-refractivity contribution in [2.45, 2.75) is 6.54 Å². The smallest absolute Gasteiger partial charge is 0.119 e. The molecule has 0 bridgehead atoms. The lowest BCUT2D eigenvalue weighted by Gasteiger charge is -2.15. The Morgan fingerprint density at radius 2 is 2.12 bits per heavy atom. The van der Waals surface area contributed by atoms with Gasteiger partial charge in [-0.05, 0) is 24.7 Å². The maximum absolute atomic E-state index is 6.47. The molecular weight excluding hydrogens is 240 g/mol. The molecule has 1 saturated heterocycles. The van der Waals surface area contributed by atoms with Gasteiger partial charge in [-0.3, -0.25) is 14.5 Å². The van der Waals surface area contributed by atoms with Gasteiger partial charge < -0.3 is 4.74 Å². The number of likely N-dealkylation sites (N-methyl/N-ethyl adjacent to an activating group) is 1. The van der Waals surface area contributed by atoms with Gasteiger partial charge in [-0.2, -0.15) is 0 Å². The quantitative estimate of drug-likeness (QED) is 0.892. The number of methoxy groups -OCH3 is 1. The standard InChI is InChI=1S/C12H18N2O.ClHO/c1-13-6-7-14(10-13)9-11-4-3-5-12(8-11)15-2;1-2/h3-5,8H,6-7,9-10H2,1-2H3;2H. The summed E-state index contributed by atoms with van der Waals surface area (Å²) in [6.07, 6.45) is 0. The number of ether oxygens (including phenoxy) is 1. The van der Waals surface area contributed by atoms with Gasteiger partial charge in [-0.25, -0.2) is 0 Å². The lowest BCUT2D eigenvalue weighted by atomic mass is 10.2. The molecule has 4 nitrogen and oxygen atoms in total. The van der Waals surface area contributed by atoms with E-state index in [1.54, 1.807) is 7.11 Å². The molecule has 1 aliphatic rings. The predicted octanol–water partition coefficient (Wildman–Crippen LogP) is 1.53. The Labute approximate surface area is 108 Å². The topological polar surface area (TPSA) is 35.9 Å². The molecule has 0 amide bonds. The SMILES string of the molecule is COc1cccc(CN2CCN(C)C2)c1.OCl. The van der Waals surface area contributed by atoms with Gasteiger partial charge in [0.1, 0.15) is 5.75 Å². The molecule has 96 valence electrons. The van der Waals surface area contributed by atoms with E-state index in [1.165, 1.54) is 12.1 Å². The van der Waals surface area contributed by atoms with Crippen molar-refractivity contribution < 1.29 is 9.40 Å². The molecule has 0 aliphatic carbocycles. The van der Waals surface area contributed by atoms with Gasteiger partial charge in [0.25, 0.3) is 0 Å². The summed E-state index contributed by atoms with van der Waals surface area (Å²) in [5, 5.41) is 0. The van der Waals surface area contributed by atoms with Crippen LogP contribution in [0.15, 0.2) is 24.3 Å². The molecule has 17 heavy (non-hydrogen) atoms. The average molecular weight is 259 g/mol. The Kier molecular flexibility index (Phi) is 6.29. The Morgan fingerprint density at radius 3 is 2.71 bits per heavy atom. The van der Waals surface area contributed by atoms with E-state index in [2.05, 4.69) is 40.8 Å². The van der Waals surface area contributed by atoms with Crippen LogP contribution in [0.5, 0.6) is 5.75 Å². The number of benzene rings is 1. The molecule has 2 rings (SSSR count). The zero-order chi connectivity index (χ0) is 12.7. The number of rotatable bonds is 3. The van der Waals surface area contributed by atoms with E-state index in [-0.39, 0.29) is 0 Å². The Morgan fingerprint density at radius 1 is 1.35 bits per heavy atom. The Hall–Kier alpha value is -0.810. The van der Waals surface area contributed by atoms with Gasteiger partial charge >= 0.3 is 0 Å². The van der Waals surface area contributed by atoms with Gasteiger partial charge in [0.05, 0.1) is 25.6 Å². The van der Waals surface area contributed by atoms with Crippen LogP contribution in [-0.4, -0.2) is 48.4 Å². The lowest BCUT2D eigenvalue weighted by Crippen LogP contribution is -2.22. The number of halogens is 1. The van der Waals surface area contributed by atoms with Crippen LogP contribution in [0.4, 0.5) is 0 Å². The molecule has 1 aromatic carbocycles. The zero-order valence-electron chi connectivity index (χ0n) is 10.3. The largest absolute Gasteiger partial charge is 0.497 e. The Bertz CT molecular complexity index is 336. The van der Waals surface area contributed by atoms with E-state index >= 15 is 0 Å². The van der Waals surface area contributed by atoms with E-state index in [0.29, 0.717) is 0 Å². The average Bonchev–Trinajstić information content (AvgIpc) is 2.77. The normalized spacial score (nSPS) is 16.5. The van der Waals surface area contributed by atoms with E-state index < -0.39 is 0 Å². The summed E-state index contributed by atoms with van der Waals surface area (Å²) in [6, 6.07) is 8.30. The number of hydrogen-bond acceptors (Lipinski definition) is 4. The highest BCUT2D eigenvalue weighted by molar-refractivity contribution is 6.04. The van der Waals surface area contributed by atoms with Crippen LogP contribution in [0.1, 0.15) is 5.56 Å². The lowest BCUT2D eigenvalue weighted by molar-refractivity contribution is 0.268. The molecule has 1 heterocycles. The second kappa shape index (κ2) is 7.50. The van der Waals surface area contributed by atoms with Crippen molar-refractivity contribution in [1.29, 1.82) is 0 Å². The summed E-state index contributed by atoms with van der Waals surface area (Å²) < 4.78 is 11.7. The third-order valence-electron chi connectivity index (χ3n) is 2.78. The van der Waals surface area contributed by atoms with Gasteiger partial charge in [0.2, 0.25) is 0 Å². The molecule has 5 heteroatoms. The van der Waals surface area contributed by atoms with Crippen molar-refractivity contribution in [3.63, 3.8) is 0 Å². The van der Waals surface area contributed by atoms with E-state index in [9.17, 15) is 0 Å². The second-order valence-corrected chi connectivity index (χ2v) is 4.13. The van der Waals surface area contributed by atoms with Crippen LogP contribution in [0.3, 0.4) is 0 Å². The van der Waals surface area contributed by atoms with Crippen molar-refractivity contribution in [2.75, 3.05) is 33.9 Å². The fraction of sp³-hybridized carbons (Fsp3) is 0.500. The summed E-state index contributed by atoms with van der Waals surface area (Å²) in [5.74, 6) is 0.944. The minimum absolute atomic E-state index is 0.944. The highest BCUT2D eigenvalue weighted by atomic mass is 35.5. The van der Waals surface area contributed by atoms with Gasteiger partial charge in [-0.15, -0.1) is 0 Å². The number of hydrogen-bond donors (Lipinski definition) is 1. The third kappa shape index (κ3) is 4.52. The fourth-order valence-electron chi connectivity index (χ4n) is 1.95. The predicted molar refractivity (Wildman–Crippen MR) is 69.0 cm³/mol. The third-order valence-corrected chi connectivity index (χ3v) is 2.78. The molecule has 0 saturated carbocycles. The van der Waals surface area contributed by atoms with E-state index in [4.69, 9.17) is 9.40 Å². The summed E-state index contributed by atoms with van der Waals surface area (Å²) >= 11 is 3.64. The monoisotopic (exact) mass is 258 g/mol. The molecule has 1 aromatic rings. The maximum Gasteiger partial charge on any atom is 0.119 e. The first kappa shape index (κ1) is 14.3. The van der Waals surface area contributed by atoms with Gasteiger partial charge in [0.15, 0.2) is 0 Å². The fourth-order valence-corrected chi connectivity index (χ4v) is 1.95. The Balaban J connectivity index is 0.000000686. The van der Waals surface area contributed by atoms with Crippen LogP contribution in [0, 0.1) is 0 Å². The van der Waals surface area contributed by atoms with Crippen LogP contribution in [0.25, 0.3) is 0 Å². The molecule has 0 aromatic heterocycles. The van der Waals surface area contributed by atoms with Crippen LogP contribution >= 0.6 is 11.9 Å². The van der Waals surface area contributed by atoms with Gasteiger partial charge in [0, 0.05) is 19.6 Å².